The Morgan fingerprint density at radius 3 is 2.67 bits per heavy atom. The van der Waals surface area contributed by atoms with Gasteiger partial charge >= 0.3 is 14.5 Å². The van der Waals surface area contributed by atoms with Gasteiger partial charge in [-0.1, -0.05) is 18.5 Å². The Hall–Kier alpha value is -2.80. The maximum Gasteiger partial charge on any atom is 0.326 e. The molecule has 1 saturated heterocycles. The van der Waals surface area contributed by atoms with Crippen molar-refractivity contribution in [1.82, 2.24) is 24.6 Å². The van der Waals surface area contributed by atoms with Crippen molar-refractivity contribution in [2.24, 2.45) is 11.8 Å². The molecule has 228 valence electrons. The third kappa shape index (κ3) is 7.04. The number of nitrogens with zero attached hydrogens (tertiary/aromatic N) is 5. The van der Waals surface area contributed by atoms with Crippen LogP contribution in [0.25, 0.3) is 11.2 Å². The van der Waals surface area contributed by atoms with Crippen molar-refractivity contribution < 1.29 is 23.3 Å². The Balaban J connectivity index is 1.29. The average molecular weight is 621 g/mol. The monoisotopic (exact) mass is 620 g/mol. The van der Waals surface area contributed by atoms with E-state index in [1.807, 2.05) is 4.57 Å². The fourth-order valence-electron chi connectivity index (χ4n) is 4.63. The van der Waals surface area contributed by atoms with E-state index >= 15 is 0 Å². The lowest BCUT2D eigenvalue weighted by molar-refractivity contribution is -0.153. The normalized spacial score (nSPS) is 21.6. The molecule has 2 aromatic heterocycles. The van der Waals surface area contributed by atoms with Crippen LogP contribution in [0, 0.1) is 5.92 Å². The summed E-state index contributed by atoms with van der Waals surface area (Å²) >= 11 is 6.04. The van der Waals surface area contributed by atoms with Gasteiger partial charge in [0.05, 0.1) is 25.1 Å². The number of rotatable bonds is 12. The fraction of sp³-hybridized carbons (Fsp3) is 0.556. The summed E-state index contributed by atoms with van der Waals surface area (Å²) in [6.45, 7) is 9.37. The molecule has 1 saturated carbocycles. The van der Waals surface area contributed by atoms with Gasteiger partial charge in [0.25, 0.3) is 0 Å². The van der Waals surface area contributed by atoms with E-state index in [-0.39, 0.29) is 43.0 Å². The third-order valence-electron chi connectivity index (χ3n) is 6.94. The van der Waals surface area contributed by atoms with Gasteiger partial charge in [0, 0.05) is 17.0 Å². The van der Waals surface area contributed by atoms with Crippen LogP contribution in [-0.2, 0) is 18.8 Å². The lowest BCUT2D eigenvalue weighted by Crippen LogP contribution is -2.46. The van der Waals surface area contributed by atoms with Crippen LogP contribution in [0.5, 0.6) is 5.75 Å². The van der Waals surface area contributed by atoms with Gasteiger partial charge < -0.3 is 24.3 Å². The molecule has 5 N–H and O–H groups in total. The topological polar surface area (TPSA) is 165 Å². The number of imidazole rings is 1. The van der Waals surface area contributed by atoms with E-state index in [0.29, 0.717) is 34.2 Å². The van der Waals surface area contributed by atoms with Gasteiger partial charge in [0.15, 0.2) is 17.0 Å². The Bertz CT molecular complexity index is 1400. The van der Waals surface area contributed by atoms with E-state index in [0.717, 1.165) is 12.8 Å². The number of nitrogens with one attached hydrogen (secondary N) is 1. The van der Waals surface area contributed by atoms with E-state index in [1.165, 1.54) is 0 Å². The van der Waals surface area contributed by atoms with Crippen molar-refractivity contribution >= 4 is 49.0 Å². The summed E-state index contributed by atoms with van der Waals surface area (Å²) < 4.78 is 26.1. The number of nitrogens with two attached hydrogens (primary N) is 2. The van der Waals surface area contributed by atoms with Crippen LogP contribution in [0.3, 0.4) is 0 Å². The molecule has 4 atom stereocenters. The standard InChI is InChI=1S/C27H38ClN8O5P/c1-15(2)39-25(37)27(4,5)34-42(41-19-10-6-17(28)7-11-19)38-13-20-12-16(3)24(40-20)35-14-31-21-22(35)32-26(29)33-23(21)36(30)18-8-9-18/h6-7,10-11,14-16,18,20,24,34H,8-9,12-13,30H2,1-5H3,(H2,29,32,33). The minimum Gasteiger partial charge on any atom is -0.462 e. The number of halogens is 1. The van der Waals surface area contributed by atoms with Crippen molar-refractivity contribution in [2.45, 2.75) is 83.9 Å². The summed E-state index contributed by atoms with van der Waals surface area (Å²) in [5, 5.41) is 5.40. The molecule has 2 fully saturated rings. The predicted octanol–water partition coefficient (Wildman–Crippen LogP) is 4.47. The number of nitrogen functional groups attached to an aromatic ring is 1. The van der Waals surface area contributed by atoms with Crippen molar-refractivity contribution in [1.29, 1.82) is 0 Å². The second-order valence-electron chi connectivity index (χ2n) is 11.5. The molecule has 13 nitrogen and oxygen atoms in total. The number of fused-ring (bicyclic) bond motifs is 1. The summed E-state index contributed by atoms with van der Waals surface area (Å²) in [4.78, 5) is 26.1. The smallest absolute Gasteiger partial charge is 0.326 e. The molecular formula is C27H38ClN8O5P. The molecule has 0 bridgehead atoms. The number of esters is 1. The minimum absolute atomic E-state index is 0.113. The molecule has 15 heteroatoms. The lowest BCUT2D eigenvalue weighted by Gasteiger charge is -2.29. The van der Waals surface area contributed by atoms with Crippen molar-refractivity contribution in [3.05, 3.63) is 35.6 Å². The highest BCUT2D eigenvalue weighted by Crippen LogP contribution is 2.42. The van der Waals surface area contributed by atoms with Crippen LogP contribution >= 0.6 is 20.1 Å². The zero-order valence-corrected chi connectivity index (χ0v) is 26.0. The average Bonchev–Trinajstić information content (AvgIpc) is 3.59. The van der Waals surface area contributed by atoms with Crippen LogP contribution in [0.15, 0.2) is 30.6 Å². The number of hydrazine groups is 1. The number of hydrogen-bond donors (Lipinski definition) is 3. The molecule has 1 aliphatic heterocycles. The van der Waals surface area contributed by atoms with Crippen molar-refractivity contribution in [2.75, 3.05) is 17.3 Å². The molecule has 2 aliphatic rings. The highest BCUT2D eigenvalue weighted by atomic mass is 35.5. The van der Waals surface area contributed by atoms with Gasteiger partial charge in [-0.05, 0) is 71.2 Å². The Labute approximate surface area is 251 Å². The first-order valence-corrected chi connectivity index (χ1v) is 15.5. The van der Waals surface area contributed by atoms with E-state index in [2.05, 4.69) is 27.0 Å². The zero-order chi connectivity index (χ0) is 30.2. The summed E-state index contributed by atoms with van der Waals surface area (Å²) in [6.07, 6.45) is 3.53. The summed E-state index contributed by atoms with van der Waals surface area (Å²) in [6, 6.07) is 7.15. The molecule has 0 radical (unpaired) electrons. The second-order valence-corrected chi connectivity index (χ2v) is 13.1. The van der Waals surface area contributed by atoms with Gasteiger partial charge in [-0.3, -0.25) is 14.4 Å². The molecule has 42 heavy (non-hydrogen) atoms. The maximum atomic E-state index is 12.8. The molecular weight excluding hydrogens is 583 g/mol. The predicted molar refractivity (Wildman–Crippen MR) is 161 cm³/mol. The number of carbonyl (C=O) groups excluding carboxylic acids is 1. The van der Waals surface area contributed by atoms with Crippen LogP contribution < -0.4 is 26.2 Å². The van der Waals surface area contributed by atoms with Crippen LogP contribution in [-0.4, -0.2) is 55.9 Å². The maximum absolute atomic E-state index is 12.8. The summed E-state index contributed by atoms with van der Waals surface area (Å²) in [7, 11) is -1.78. The Morgan fingerprint density at radius 2 is 2.00 bits per heavy atom. The highest BCUT2D eigenvalue weighted by Gasteiger charge is 2.39. The van der Waals surface area contributed by atoms with Crippen LogP contribution in [0.1, 0.15) is 60.1 Å². The zero-order valence-electron chi connectivity index (χ0n) is 24.4. The number of benzene rings is 1. The van der Waals surface area contributed by atoms with E-state index < -0.39 is 20.0 Å². The summed E-state index contributed by atoms with van der Waals surface area (Å²) in [5.41, 5.74) is 6.13. The Morgan fingerprint density at radius 1 is 1.29 bits per heavy atom. The largest absolute Gasteiger partial charge is 0.462 e. The molecule has 1 aliphatic carbocycles. The van der Waals surface area contributed by atoms with E-state index in [9.17, 15) is 4.79 Å². The first-order valence-electron chi connectivity index (χ1n) is 14.0. The van der Waals surface area contributed by atoms with Crippen LogP contribution in [0.4, 0.5) is 11.8 Å². The first kappa shape index (κ1) is 30.7. The van der Waals surface area contributed by atoms with Gasteiger partial charge in [0.2, 0.25) is 5.95 Å². The quantitative estimate of drug-likeness (QED) is 0.113. The summed E-state index contributed by atoms with van der Waals surface area (Å²) in [5.74, 6) is 7.18. The number of aromatic nitrogens is 4. The number of carbonyl (C=O) groups is 1. The van der Waals surface area contributed by atoms with Crippen molar-refractivity contribution in [3.8, 4) is 5.75 Å². The number of anilines is 2. The van der Waals surface area contributed by atoms with E-state index in [4.69, 9.17) is 41.7 Å². The molecule has 0 spiro atoms. The van der Waals surface area contributed by atoms with Crippen LogP contribution in [0.2, 0.25) is 5.02 Å². The molecule has 4 unspecified atom stereocenters. The second kappa shape index (κ2) is 12.4. The van der Waals surface area contributed by atoms with Gasteiger partial charge in [-0.15, -0.1) is 0 Å². The molecule has 1 aromatic carbocycles. The molecule has 0 amide bonds. The third-order valence-corrected chi connectivity index (χ3v) is 8.69. The van der Waals surface area contributed by atoms with Gasteiger partial charge in [-0.25, -0.2) is 15.9 Å². The number of ether oxygens (including phenoxy) is 2. The highest BCUT2D eigenvalue weighted by molar-refractivity contribution is 7.45. The molecule has 5 rings (SSSR count). The fourth-order valence-corrected chi connectivity index (χ4v) is 6.09. The van der Waals surface area contributed by atoms with Crippen molar-refractivity contribution in [3.63, 3.8) is 0 Å². The molecule has 3 aromatic rings. The first-order chi connectivity index (χ1) is 19.9. The van der Waals surface area contributed by atoms with Gasteiger partial charge in [-0.2, -0.15) is 9.97 Å². The molecule has 3 heterocycles. The van der Waals surface area contributed by atoms with E-state index in [1.54, 1.807) is 63.3 Å². The Kier molecular flexibility index (Phi) is 9.08. The minimum atomic E-state index is -1.78. The SMILES string of the molecule is CC(C)OC(=O)C(C)(C)NP(OCC1CC(C)C(n2cnc3c(N(N)C4CC4)nc(N)nc32)O1)Oc1ccc(Cl)cc1. The lowest BCUT2D eigenvalue weighted by atomic mass is 10.1. The number of hydrogen-bond acceptors (Lipinski definition) is 12. The van der Waals surface area contributed by atoms with Gasteiger partial charge in [0.1, 0.15) is 17.5 Å².